The summed E-state index contributed by atoms with van der Waals surface area (Å²) < 4.78 is 0. The predicted octanol–water partition coefficient (Wildman–Crippen LogP) is 4.76. The smallest absolute Gasteiger partial charge is 0.0279 e. The Morgan fingerprint density at radius 3 is 2.31 bits per heavy atom. The van der Waals surface area contributed by atoms with Crippen molar-refractivity contribution < 1.29 is 0 Å². The molecule has 0 radical (unpaired) electrons. The molecule has 0 N–H and O–H groups in total. The summed E-state index contributed by atoms with van der Waals surface area (Å²) >= 11 is 6.08. The van der Waals surface area contributed by atoms with Crippen molar-refractivity contribution in [3.05, 3.63) is 0 Å². The Bertz CT molecular complexity index is 125. The Hall–Kier alpha value is 0.290. The maximum atomic E-state index is 6.08. The van der Waals surface area contributed by atoms with Crippen LogP contribution in [0.3, 0.4) is 0 Å². The highest BCUT2D eigenvalue weighted by atomic mass is 35.5. The van der Waals surface area contributed by atoms with E-state index in [1.165, 1.54) is 57.8 Å². The van der Waals surface area contributed by atoms with E-state index >= 15 is 0 Å². The minimum absolute atomic E-state index is 0.551. The van der Waals surface area contributed by atoms with E-state index in [0.29, 0.717) is 5.41 Å². The zero-order valence-corrected chi connectivity index (χ0v) is 9.70. The summed E-state index contributed by atoms with van der Waals surface area (Å²) in [5.74, 6) is 0.902. The van der Waals surface area contributed by atoms with Crippen LogP contribution in [0.4, 0.5) is 0 Å². The molecule has 1 saturated carbocycles. The molecule has 0 heterocycles. The molecule has 0 spiro atoms. The van der Waals surface area contributed by atoms with Crippen LogP contribution < -0.4 is 0 Å². The lowest BCUT2D eigenvalue weighted by atomic mass is 9.83. The molecule has 0 atom stereocenters. The lowest BCUT2D eigenvalue weighted by molar-refractivity contribution is 0.300. The molecule has 1 aliphatic rings. The molecule has 13 heavy (non-hydrogen) atoms. The summed E-state index contributed by atoms with van der Waals surface area (Å²) in [7, 11) is 0. The molecule has 0 aromatic rings. The highest BCUT2D eigenvalue weighted by Crippen LogP contribution is 2.43. The summed E-state index contributed by atoms with van der Waals surface area (Å²) in [4.78, 5) is 0. The standard InChI is InChI=1S/C12H23Cl/c1-2-3-4-5-8-12(11-13)9-6-7-10-12/h2-11H2,1H3. The molecule has 0 aromatic heterocycles. The van der Waals surface area contributed by atoms with Crippen molar-refractivity contribution in [1.29, 1.82) is 0 Å². The van der Waals surface area contributed by atoms with Crippen LogP contribution in [0.1, 0.15) is 64.7 Å². The van der Waals surface area contributed by atoms with Crippen molar-refractivity contribution in [1.82, 2.24) is 0 Å². The molecule has 0 unspecified atom stereocenters. The van der Waals surface area contributed by atoms with Crippen molar-refractivity contribution >= 4 is 11.6 Å². The fourth-order valence-corrected chi connectivity index (χ4v) is 2.90. The van der Waals surface area contributed by atoms with Gasteiger partial charge in [-0.3, -0.25) is 0 Å². The SMILES string of the molecule is CCCCCCC1(CCl)CCCC1. The molecule has 0 saturated heterocycles. The quantitative estimate of drug-likeness (QED) is 0.431. The van der Waals surface area contributed by atoms with Crippen LogP contribution >= 0.6 is 11.6 Å². The minimum atomic E-state index is 0.551. The lowest BCUT2D eigenvalue weighted by Crippen LogP contribution is -2.18. The first kappa shape index (κ1) is 11.4. The summed E-state index contributed by atoms with van der Waals surface area (Å²) in [5.41, 5.74) is 0.551. The highest BCUT2D eigenvalue weighted by molar-refractivity contribution is 6.18. The van der Waals surface area contributed by atoms with Gasteiger partial charge < -0.3 is 0 Å². The zero-order valence-electron chi connectivity index (χ0n) is 8.95. The Morgan fingerprint density at radius 2 is 1.77 bits per heavy atom. The summed E-state index contributed by atoms with van der Waals surface area (Å²) in [6, 6.07) is 0. The van der Waals surface area contributed by atoms with Gasteiger partial charge in [0.1, 0.15) is 0 Å². The van der Waals surface area contributed by atoms with Crippen molar-refractivity contribution in [3.63, 3.8) is 0 Å². The van der Waals surface area contributed by atoms with Gasteiger partial charge in [0.2, 0.25) is 0 Å². The van der Waals surface area contributed by atoms with E-state index in [0.717, 1.165) is 5.88 Å². The maximum Gasteiger partial charge on any atom is 0.0279 e. The van der Waals surface area contributed by atoms with Gasteiger partial charge in [0.25, 0.3) is 0 Å². The van der Waals surface area contributed by atoms with Crippen LogP contribution in [0.2, 0.25) is 0 Å². The Kier molecular flexibility index (Phi) is 5.16. The second-order valence-corrected chi connectivity index (χ2v) is 4.92. The third-order valence-electron chi connectivity index (χ3n) is 3.51. The third-order valence-corrected chi connectivity index (χ3v) is 4.08. The average Bonchev–Trinajstić information content (AvgIpc) is 2.62. The first-order chi connectivity index (χ1) is 6.33. The first-order valence-electron chi connectivity index (χ1n) is 5.89. The third kappa shape index (κ3) is 3.50. The van der Waals surface area contributed by atoms with Crippen LogP contribution in [-0.2, 0) is 0 Å². The van der Waals surface area contributed by atoms with Crippen molar-refractivity contribution in [2.24, 2.45) is 5.41 Å². The number of rotatable bonds is 6. The average molecular weight is 203 g/mol. The van der Waals surface area contributed by atoms with Gasteiger partial charge in [0.15, 0.2) is 0 Å². The summed E-state index contributed by atoms with van der Waals surface area (Å²) in [6.45, 7) is 2.27. The van der Waals surface area contributed by atoms with Gasteiger partial charge in [0.05, 0.1) is 0 Å². The normalized spacial score (nSPS) is 20.8. The molecule has 1 rings (SSSR count). The van der Waals surface area contributed by atoms with Gasteiger partial charge in [-0.15, -0.1) is 11.6 Å². The Balaban J connectivity index is 2.16. The maximum absolute atomic E-state index is 6.08. The minimum Gasteiger partial charge on any atom is -0.126 e. The van der Waals surface area contributed by atoms with Crippen LogP contribution in [0.15, 0.2) is 0 Å². The molecular formula is C12H23Cl. The predicted molar refractivity (Wildman–Crippen MR) is 60.4 cm³/mol. The lowest BCUT2D eigenvalue weighted by Gasteiger charge is -2.25. The summed E-state index contributed by atoms with van der Waals surface area (Å²) in [5, 5.41) is 0. The Morgan fingerprint density at radius 1 is 1.08 bits per heavy atom. The number of hydrogen-bond donors (Lipinski definition) is 0. The van der Waals surface area contributed by atoms with Gasteiger partial charge in [-0.1, -0.05) is 45.4 Å². The largest absolute Gasteiger partial charge is 0.126 e. The second kappa shape index (κ2) is 5.90. The fourth-order valence-electron chi connectivity index (χ4n) is 2.50. The highest BCUT2D eigenvalue weighted by Gasteiger charge is 2.31. The molecular weight excluding hydrogens is 180 g/mol. The monoisotopic (exact) mass is 202 g/mol. The van der Waals surface area contributed by atoms with Crippen molar-refractivity contribution in [3.8, 4) is 0 Å². The van der Waals surface area contributed by atoms with Crippen molar-refractivity contribution in [2.75, 3.05) is 5.88 Å². The van der Waals surface area contributed by atoms with Gasteiger partial charge >= 0.3 is 0 Å². The van der Waals surface area contributed by atoms with E-state index in [1.54, 1.807) is 0 Å². The summed E-state index contributed by atoms with van der Waals surface area (Å²) in [6.07, 6.45) is 12.6. The zero-order chi connectivity index (χ0) is 9.57. The number of alkyl halides is 1. The topological polar surface area (TPSA) is 0 Å². The number of halogens is 1. The van der Waals surface area contributed by atoms with E-state index in [1.807, 2.05) is 0 Å². The Labute approximate surface area is 88.1 Å². The van der Waals surface area contributed by atoms with Gasteiger partial charge in [-0.05, 0) is 24.7 Å². The van der Waals surface area contributed by atoms with E-state index in [4.69, 9.17) is 11.6 Å². The van der Waals surface area contributed by atoms with Gasteiger partial charge in [-0.25, -0.2) is 0 Å². The van der Waals surface area contributed by atoms with E-state index in [9.17, 15) is 0 Å². The van der Waals surface area contributed by atoms with Crippen molar-refractivity contribution in [2.45, 2.75) is 64.7 Å². The van der Waals surface area contributed by atoms with Gasteiger partial charge in [-0.2, -0.15) is 0 Å². The van der Waals surface area contributed by atoms with E-state index in [2.05, 4.69) is 6.92 Å². The second-order valence-electron chi connectivity index (χ2n) is 4.65. The van der Waals surface area contributed by atoms with Gasteiger partial charge in [0, 0.05) is 5.88 Å². The molecule has 0 amide bonds. The van der Waals surface area contributed by atoms with E-state index < -0.39 is 0 Å². The number of hydrogen-bond acceptors (Lipinski definition) is 0. The first-order valence-corrected chi connectivity index (χ1v) is 6.42. The molecule has 0 nitrogen and oxygen atoms in total. The molecule has 1 fully saturated rings. The van der Waals surface area contributed by atoms with Crippen LogP contribution in [0.5, 0.6) is 0 Å². The fraction of sp³-hybridized carbons (Fsp3) is 1.00. The molecule has 0 aromatic carbocycles. The molecule has 0 aliphatic heterocycles. The van der Waals surface area contributed by atoms with Crippen LogP contribution in [0.25, 0.3) is 0 Å². The number of unbranched alkanes of at least 4 members (excludes halogenated alkanes) is 3. The molecule has 0 bridgehead atoms. The van der Waals surface area contributed by atoms with Crippen LogP contribution in [0, 0.1) is 5.41 Å². The molecule has 78 valence electrons. The van der Waals surface area contributed by atoms with Crippen LogP contribution in [-0.4, -0.2) is 5.88 Å². The molecule has 1 heteroatoms. The van der Waals surface area contributed by atoms with E-state index in [-0.39, 0.29) is 0 Å². The molecule has 1 aliphatic carbocycles.